The van der Waals surface area contributed by atoms with Crippen molar-refractivity contribution in [1.82, 2.24) is 5.32 Å². The Morgan fingerprint density at radius 3 is 2.57 bits per heavy atom. The molecule has 5 nitrogen and oxygen atoms in total. The quantitative estimate of drug-likeness (QED) is 0.830. The predicted octanol–water partition coefficient (Wildman–Crippen LogP) is 2.31. The van der Waals surface area contributed by atoms with Gasteiger partial charge in [-0.05, 0) is 35.9 Å². The largest absolute Gasteiger partial charge is 0.484 e. The summed E-state index contributed by atoms with van der Waals surface area (Å²) in [7, 11) is 1.29. The van der Waals surface area contributed by atoms with Gasteiger partial charge in [-0.1, -0.05) is 18.2 Å². The minimum absolute atomic E-state index is 0.189. The molecular weight excluding hydrogens is 301 g/mol. The van der Waals surface area contributed by atoms with Crippen LogP contribution in [0.3, 0.4) is 0 Å². The molecule has 0 bridgehead atoms. The molecule has 0 unspecified atom stereocenters. The molecule has 2 aromatic rings. The van der Waals surface area contributed by atoms with E-state index in [1.807, 2.05) is 0 Å². The monoisotopic (exact) mass is 317 g/mol. The molecule has 0 atom stereocenters. The zero-order valence-corrected chi connectivity index (χ0v) is 12.5. The highest BCUT2D eigenvalue weighted by Gasteiger charge is 2.08. The summed E-state index contributed by atoms with van der Waals surface area (Å²) in [5, 5.41) is 2.66. The first kappa shape index (κ1) is 16.5. The average molecular weight is 317 g/mol. The summed E-state index contributed by atoms with van der Waals surface area (Å²) in [6.45, 7) is 0.0937. The molecule has 6 heteroatoms. The second-order valence-corrected chi connectivity index (χ2v) is 4.71. The highest BCUT2D eigenvalue weighted by molar-refractivity contribution is 5.89. The van der Waals surface area contributed by atoms with Gasteiger partial charge in [-0.15, -0.1) is 0 Å². The van der Waals surface area contributed by atoms with E-state index >= 15 is 0 Å². The SMILES string of the molecule is COC(=O)c1cccc(OCC(=O)NCc2ccc(F)cc2)c1. The van der Waals surface area contributed by atoms with Crippen LogP contribution in [0.25, 0.3) is 0 Å². The summed E-state index contributed by atoms with van der Waals surface area (Å²) < 4.78 is 22.7. The van der Waals surface area contributed by atoms with Crippen LogP contribution < -0.4 is 10.1 Å². The van der Waals surface area contributed by atoms with E-state index in [-0.39, 0.29) is 24.9 Å². The lowest BCUT2D eigenvalue weighted by Crippen LogP contribution is -2.28. The van der Waals surface area contributed by atoms with E-state index in [0.717, 1.165) is 5.56 Å². The fourth-order valence-corrected chi connectivity index (χ4v) is 1.83. The van der Waals surface area contributed by atoms with Gasteiger partial charge in [-0.2, -0.15) is 0 Å². The number of carbonyl (C=O) groups is 2. The zero-order valence-electron chi connectivity index (χ0n) is 12.5. The average Bonchev–Trinajstić information content (AvgIpc) is 2.59. The molecule has 0 fully saturated rings. The smallest absolute Gasteiger partial charge is 0.337 e. The molecule has 0 heterocycles. The Morgan fingerprint density at radius 2 is 1.87 bits per heavy atom. The van der Waals surface area contributed by atoms with Crippen LogP contribution in [0.5, 0.6) is 5.75 Å². The molecule has 120 valence electrons. The third kappa shape index (κ3) is 5.10. The minimum Gasteiger partial charge on any atom is -0.484 e. The molecule has 1 amide bonds. The summed E-state index contributed by atoms with van der Waals surface area (Å²) >= 11 is 0. The molecule has 0 spiro atoms. The van der Waals surface area contributed by atoms with E-state index in [9.17, 15) is 14.0 Å². The number of nitrogens with one attached hydrogen (secondary N) is 1. The number of methoxy groups -OCH3 is 1. The zero-order chi connectivity index (χ0) is 16.7. The Kier molecular flexibility index (Phi) is 5.68. The van der Waals surface area contributed by atoms with Gasteiger partial charge in [0.1, 0.15) is 11.6 Å². The first-order chi connectivity index (χ1) is 11.1. The van der Waals surface area contributed by atoms with Gasteiger partial charge >= 0.3 is 5.97 Å². The predicted molar refractivity (Wildman–Crippen MR) is 81.5 cm³/mol. The van der Waals surface area contributed by atoms with Crippen molar-refractivity contribution in [2.45, 2.75) is 6.54 Å². The minimum atomic E-state index is -0.476. The number of halogens is 1. The summed E-state index contributed by atoms with van der Waals surface area (Å²) in [5.41, 5.74) is 1.13. The molecule has 1 N–H and O–H groups in total. The van der Waals surface area contributed by atoms with E-state index in [0.29, 0.717) is 11.3 Å². The summed E-state index contributed by atoms with van der Waals surface area (Å²) in [4.78, 5) is 23.1. The van der Waals surface area contributed by atoms with Gasteiger partial charge in [0.15, 0.2) is 6.61 Å². The van der Waals surface area contributed by atoms with Crippen molar-refractivity contribution in [3.05, 3.63) is 65.5 Å². The molecule has 0 saturated heterocycles. The Morgan fingerprint density at radius 1 is 1.13 bits per heavy atom. The maximum Gasteiger partial charge on any atom is 0.337 e. The van der Waals surface area contributed by atoms with Gasteiger partial charge < -0.3 is 14.8 Å². The van der Waals surface area contributed by atoms with Crippen LogP contribution in [-0.4, -0.2) is 25.6 Å². The maximum atomic E-state index is 12.8. The van der Waals surface area contributed by atoms with Crippen molar-refractivity contribution in [3.63, 3.8) is 0 Å². The standard InChI is InChI=1S/C17H16FNO4/c1-22-17(21)13-3-2-4-15(9-13)23-11-16(20)19-10-12-5-7-14(18)8-6-12/h2-9H,10-11H2,1H3,(H,19,20). The third-order valence-electron chi connectivity index (χ3n) is 3.03. The summed E-state index contributed by atoms with van der Waals surface area (Å²) in [6, 6.07) is 12.2. The molecule has 0 aliphatic heterocycles. The van der Waals surface area contributed by atoms with Gasteiger partial charge in [0.05, 0.1) is 12.7 Å². The number of esters is 1. The van der Waals surface area contributed by atoms with Gasteiger partial charge in [0.25, 0.3) is 5.91 Å². The number of ether oxygens (including phenoxy) is 2. The Balaban J connectivity index is 1.82. The van der Waals surface area contributed by atoms with E-state index in [1.54, 1.807) is 30.3 Å². The summed E-state index contributed by atoms with van der Waals surface area (Å²) in [5.74, 6) is -0.729. The molecule has 23 heavy (non-hydrogen) atoms. The second kappa shape index (κ2) is 7.93. The van der Waals surface area contributed by atoms with Crippen LogP contribution >= 0.6 is 0 Å². The lowest BCUT2D eigenvalue weighted by atomic mass is 10.2. The number of hydrogen-bond donors (Lipinski definition) is 1. The Bertz CT molecular complexity index is 685. The topological polar surface area (TPSA) is 64.6 Å². The molecule has 0 radical (unpaired) electrons. The van der Waals surface area contributed by atoms with Gasteiger partial charge in [0.2, 0.25) is 0 Å². The van der Waals surface area contributed by atoms with Gasteiger partial charge in [-0.25, -0.2) is 9.18 Å². The normalized spacial score (nSPS) is 10.0. The number of rotatable bonds is 6. The molecule has 0 aliphatic rings. The van der Waals surface area contributed by atoms with E-state index in [4.69, 9.17) is 4.74 Å². The van der Waals surface area contributed by atoms with Crippen molar-refractivity contribution in [2.75, 3.05) is 13.7 Å². The van der Waals surface area contributed by atoms with E-state index < -0.39 is 5.97 Å². The van der Waals surface area contributed by atoms with Crippen LogP contribution in [0.1, 0.15) is 15.9 Å². The molecule has 0 aromatic heterocycles. The molecule has 0 aliphatic carbocycles. The van der Waals surface area contributed by atoms with Crippen molar-refractivity contribution in [3.8, 4) is 5.75 Å². The number of amides is 1. The van der Waals surface area contributed by atoms with Gasteiger partial charge in [-0.3, -0.25) is 4.79 Å². The van der Waals surface area contributed by atoms with Crippen LogP contribution in [0.2, 0.25) is 0 Å². The first-order valence-corrected chi connectivity index (χ1v) is 6.91. The Labute approximate surface area is 133 Å². The summed E-state index contributed by atoms with van der Waals surface area (Å²) in [6.07, 6.45) is 0. The first-order valence-electron chi connectivity index (χ1n) is 6.91. The van der Waals surface area contributed by atoms with Crippen LogP contribution in [-0.2, 0) is 16.1 Å². The van der Waals surface area contributed by atoms with Crippen molar-refractivity contribution in [2.24, 2.45) is 0 Å². The van der Waals surface area contributed by atoms with E-state index in [2.05, 4.69) is 10.1 Å². The molecular formula is C17H16FNO4. The number of carbonyl (C=O) groups excluding carboxylic acids is 2. The van der Waals surface area contributed by atoms with Crippen molar-refractivity contribution in [1.29, 1.82) is 0 Å². The number of hydrogen-bond acceptors (Lipinski definition) is 4. The lowest BCUT2D eigenvalue weighted by molar-refractivity contribution is -0.123. The second-order valence-electron chi connectivity index (χ2n) is 4.71. The van der Waals surface area contributed by atoms with Crippen LogP contribution in [0, 0.1) is 5.82 Å². The molecule has 0 saturated carbocycles. The highest BCUT2D eigenvalue weighted by atomic mass is 19.1. The Hall–Kier alpha value is -2.89. The molecule has 2 rings (SSSR count). The lowest BCUT2D eigenvalue weighted by Gasteiger charge is -2.08. The van der Waals surface area contributed by atoms with Crippen molar-refractivity contribution < 1.29 is 23.5 Å². The van der Waals surface area contributed by atoms with Crippen LogP contribution in [0.15, 0.2) is 48.5 Å². The van der Waals surface area contributed by atoms with Gasteiger partial charge in [0, 0.05) is 6.54 Å². The fourth-order valence-electron chi connectivity index (χ4n) is 1.83. The van der Waals surface area contributed by atoms with Crippen molar-refractivity contribution >= 4 is 11.9 Å². The fraction of sp³-hybridized carbons (Fsp3) is 0.176. The van der Waals surface area contributed by atoms with E-state index in [1.165, 1.54) is 25.3 Å². The number of benzene rings is 2. The maximum absolute atomic E-state index is 12.8. The third-order valence-corrected chi connectivity index (χ3v) is 3.03. The highest BCUT2D eigenvalue weighted by Crippen LogP contribution is 2.14. The molecule has 2 aromatic carbocycles. The van der Waals surface area contributed by atoms with Crippen LogP contribution in [0.4, 0.5) is 4.39 Å².